The Morgan fingerprint density at radius 3 is 2.79 bits per heavy atom. The Bertz CT molecular complexity index is 887. The van der Waals surface area contributed by atoms with Crippen LogP contribution >= 0.6 is 0 Å². The van der Waals surface area contributed by atoms with E-state index in [4.69, 9.17) is 4.52 Å². The van der Waals surface area contributed by atoms with E-state index in [1.165, 1.54) is 0 Å². The van der Waals surface area contributed by atoms with Gasteiger partial charge in [0.2, 0.25) is 11.7 Å². The highest BCUT2D eigenvalue weighted by Gasteiger charge is 2.26. The fourth-order valence-corrected chi connectivity index (χ4v) is 3.00. The molecule has 3 aromatic rings. The first-order chi connectivity index (χ1) is 11.8. The predicted octanol–water partition coefficient (Wildman–Crippen LogP) is 3.50. The lowest BCUT2D eigenvalue weighted by Crippen LogP contribution is -2.28. The second kappa shape index (κ2) is 5.92. The van der Waals surface area contributed by atoms with Crippen LogP contribution in [0.1, 0.15) is 28.7 Å². The van der Waals surface area contributed by atoms with Gasteiger partial charge in [-0.15, -0.1) is 0 Å². The topological polar surface area (TPSA) is 59.2 Å². The Balaban J connectivity index is 1.64. The summed E-state index contributed by atoms with van der Waals surface area (Å²) in [5.74, 6) is 1.27. The fourth-order valence-electron chi connectivity index (χ4n) is 3.00. The maximum Gasteiger partial charge on any atom is 0.258 e. The standard InChI is InChI=1S/C19H17N3O2/c1-2-17-20-18(21-24-17)15-8-9-16-14(12-15)10-11-22(16)19(23)13-6-4-3-5-7-13/h3-9,12H,2,10-11H2,1H3. The van der Waals surface area contributed by atoms with Crippen LogP contribution in [0.3, 0.4) is 0 Å². The van der Waals surface area contributed by atoms with Crippen LogP contribution in [0.4, 0.5) is 5.69 Å². The van der Waals surface area contributed by atoms with Gasteiger partial charge in [-0.25, -0.2) is 0 Å². The first-order valence-corrected chi connectivity index (χ1v) is 8.09. The molecule has 1 aliphatic rings. The van der Waals surface area contributed by atoms with Gasteiger partial charge in [0, 0.05) is 29.8 Å². The third-order valence-electron chi connectivity index (χ3n) is 4.27. The van der Waals surface area contributed by atoms with E-state index in [2.05, 4.69) is 16.2 Å². The predicted molar refractivity (Wildman–Crippen MR) is 90.9 cm³/mol. The molecule has 0 saturated carbocycles. The van der Waals surface area contributed by atoms with Gasteiger partial charge in [-0.05, 0) is 42.3 Å². The molecule has 0 saturated heterocycles. The number of carbonyl (C=O) groups is 1. The average molecular weight is 319 g/mol. The molecular formula is C19H17N3O2. The molecule has 1 amide bonds. The van der Waals surface area contributed by atoms with Crippen molar-refractivity contribution in [2.75, 3.05) is 11.4 Å². The fraction of sp³-hybridized carbons (Fsp3) is 0.211. The normalized spacial score (nSPS) is 13.1. The number of carbonyl (C=O) groups excluding carboxylic acids is 1. The summed E-state index contributed by atoms with van der Waals surface area (Å²) >= 11 is 0. The minimum atomic E-state index is 0.0370. The molecule has 2 heterocycles. The first kappa shape index (κ1) is 14.6. The van der Waals surface area contributed by atoms with Crippen LogP contribution in [0.25, 0.3) is 11.4 Å². The summed E-state index contributed by atoms with van der Waals surface area (Å²) in [4.78, 5) is 18.9. The lowest BCUT2D eigenvalue weighted by molar-refractivity contribution is 0.0989. The third-order valence-corrected chi connectivity index (χ3v) is 4.27. The van der Waals surface area contributed by atoms with Crippen LogP contribution in [-0.2, 0) is 12.8 Å². The first-order valence-electron chi connectivity index (χ1n) is 8.09. The van der Waals surface area contributed by atoms with E-state index >= 15 is 0 Å². The van der Waals surface area contributed by atoms with E-state index in [9.17, 15) is 4.79 Å². The summed E-state index contributed by atoms with van der Waals surface area (Å²) < 4.78 is 5.18. The Hall–Kier alpha value is -2.95. The van der Waals surface area contributed by atoms with E-state index in [-0.39, 0.29) is 5.91 Å². The van der Waals surface area contributed by atoms with Crippen LogP contribution in [-0.4, -0.2) is 22.6 Å². The van der Waals surface area contributed by atoms with Gasteiger partial charge in [0.1, 0.15) is 0 Å². The van der Waals surface area contributed by atoms with Crippen molar-refractivity contribution in [1.29, 1.82) is 0 Å². The van der Waals surface area contributed by atoms with Crippen molar-refractivity contribution < 1.29 is 9.32 Å². The zero-order valence-corrected chi connectivity index (χ0v) is 13.4. The van der Waals surface area contributed by atoms with Crippen LogP contribution in [0.5, 0.6) is 0 Å². The molecule has 24 heavy (non-hydrogen) atoms. The van der Waals surface area contributed by atoms with Gasteiger partial charge in [-0.3, -0.25) is 4.79 Å². The van der Waals surface area contributed by atoms with E-state index < -0.39 is 0 Å². The zero-order valence-electron chi connectivity index (χ0n) is 13.4. The minimum Gasteiger partial charge on any atom is -0.339 e. The number of nitrogens with zero attached hydrogens (tertiary/aromatic N) is 3. The van der Waals surface area contributed by atoms with Gasteiger partial charge in [0.05, 0.1) is 0 Å². The van der Waals surface area contributed by atoms with Crippen molar-refractivity contribution >= 4 is 11.6 Å². The van der Waals surface area contributed by atoms with Gasteiger partial charge in [-0.1, -0.05) is 30.3 Å². The van der Waals surface area contributed by atoms with Crippen LogP contribution in [0.15, 0.2) is 53.1 Å². The molecule has 1 aliphatic heterocycles. The number of aryl methyl sites for hydroxylation is 1. The smallest absolute Gasteiger partial charge is 0.258 e. The molecule has 4 rings (SSSR count). The molecule has 0 spiro atoms. The Kier molecular flexibility index (Phi) is 3.61. The number of amides is 1. The Labute approximate surface area is 139 Å². The number of benzene rings is 2. The number of rotatable bonds is 3. The lowest BCUT2D eigenvalue weighted by atomic mass is 10.1. The quantitative estimate of drug-likeness (QED) is 0.741. The van der Waals surface area contributed by atoms with E-state index in [1.807, 2.05) is 54.3 Å². The van der Waals surface area contributed by atoms with Crippen molar-refractivity contribution in [3.05, 3.63) is 65.5 Å². The zero-order chi connectivity index (χ0) is 16.5. The van der Waals surface area contributed by atoms with Gasteiger partial charge in [0.25, 0.3) is 5.91 Å². The molecular weight excluding hydrogens is 302 g/mol. The molecule has 1 aromatic heterocycles. The number of hydrogen-bond donors (Lipinski definition) is 0. The SMILES string of the molecule is CCc1nc(-c2ccc3c(c2)CCN3C(=O)c2ccccc2)no1. The summed E-state index contributed by atoms with van der Waals surface area (Å²) in [6.45, 7) is 2.67. The molecule has 0 aliphatic carbocycles. The number of hydrogen-bond acceptors (Lipinski definition) is 4. The summed E-state index contributed by atoms with van der Waals surface area (Å²) in [6.07, 6.45) is 1.55. The van der Waals surface area contributed by atoms with Crippen molar-refractivity contribution in [1.82, 2.24) is 10.1 Å². The van der Waals surface area contributed by atoms with Gasteiger partial charge in [-0.2, -0.15) is 4.98 Å². The van der Waals surface area contributed by atoms with Crippen molar-refractivity contribution in [2.24, 2.45) is 0 Å². The van der Waals surface area contributed by atoms with Crippen LogP contribution in [0, 0.1) is 0 Å². The summed E-state index contributed by atoms with van der Waals surface area (Å²) in [5.41, 5.74) is 3.73. The maximum atomic E-state index is 12.7. The average Bonchev–Trinajstić information content (AvgIpc) is 3.28. The van der Waals surface area contributed by atoms with Crippen LogP contribution in [0.2, 0.25) is 0 Å². The molecule has 0 atom stereocenters. The monoisotopic (exact) mass is 319 g/mol. The Morgan fingerprint density at radius 2 is 2.04 bits per heavy atom. The molecule has 0 unspecified atom stereocenters. The number of fused-ring (bicyclic) bond motifs is 1. The highest BCUT2D eigenvalue weighted by atomic mass is 16.5. The highest BCUT2D eigenvalue weighted by Crippen LogP contribution is 2.32. The Morgan fingerprint density at radius 1 is 1.21 bits per heavy atom. The molecule has 5 heteroatoms. The van der Waals surface area contributed by atoms with E-state index in [1.54, 1.807) is 0 Å². The molecule has 2 aromatic carbocycles. The summed E-state index contributed by atoms with van der Waals surface area (Å²) in [6, 6.07) is 15.3. The molecule has 0 radical (unpaired) electrons. The van der Waals surface area contributed by atoms with Gasteiger partial charge < -0.3 is 9.42 Å². The van der Waals surface area contributed by atoms with Gasteiger partial charge in [0.15, 0.2) is 0 Å². The molecule has 120 valence electrons. The van der Waals surface area contributed by atoms with E-state index in [0.717, 1.165) is 29.7 Å². The highest BCUT2D eigenvalue weighted by molar-refractivity contribution is 6.07. The summed E-state index contributed by atoms with van der Waals surface area (Å²) in [5, 5.41) is 4.02. The largest absolute Gasteiger partial charge is 0.339 e. The molecule has 0 N–H and O–H groups in total. The van der Waals surface area contributed by atoms with Crippen molar-refractivity contribution in [2.45, 2.75) is 19.8 Å². The maximum absolute atomic E-state index is 12.7. The van der Waals surface area contributed by atoms with Crippen molar-refractivity contribution in [3.63, 3.8) is 0 Å². The summed E-state index contributed by atoms with van der Waals surface area (Å²) in [7, 11) is 0. The molecule has 5 nitrogen and oxygen atoms in total. The third kappa shape index (κ3) is 2.48. The lowest BCUT2D eigenvalue weighted by Gasteiger charge is -2.17. The minimum absolute atomic E-state index is 0.0370. The number of aromatic nitrogens is 2. The van der Waals surface area contributed by atoms with Crippen molar-refractivity contribution in [3.8, 4) is 11.4 Å². The molecule has 0 bridgehead atoms. The van der Waals surface area contributed by atoms with E-state index in [0.29, 0.717) is 23.8 Å². The molecule has 0 fully saturated rings. The number of anilines is 1. The second-order valence-corrected chi connectivity index (χ2v) is 5.78. The second-order valence-electron chi connectivity index (χ2n) is 5.78. The van der Waals surface area contributed by atoms with Gasteiger partial charge >= 0.3 is 0 Å². The van der Waals surface area contributed by atoms with Crippen LogP contribution < -0.4 is 4.90 Å².